The van der Waals surface area contributed by atoms with Crippen LogP contribution in [0.5, 0.6) is 0 Å². The topological polar surface area (TPSA) is 169 Å². The van der Waals surface area contributed by atoms with Gasteiger partial charge in [0.15, 0.2) is 23.8 Å². The van der Waals surface area contributed by atoms with Crippen LogP contribution in [0, 0.1) is 23.7 Å². The van der Waals surface area contributed by atoms with Crippen molar-refractivity contribution < 1.29 is 52.7 Å². The summed E-state index contributed by atoms with van der Waals surface area (Å²) < 4.78 is 38.6. The quantitative estimate of drug-likeness (QED) is 0.134. The highest BCUT2D eigenvalue weighted by molar-refractivity contribution is 6.00. The summed E-state index contributed by atoms with van der Waals surface area (Å²) >= 11 is 0. The summed E-state index contributed by atoms with van der Waals surface area (Å²) in [5.41, 5.74) is -0.319. The number of cyclic esters (lactones) is 1. The van der Waals surface area contributed by atoms with E-state index in [2.05, 4.69) is 10.1 Å². The number of carbonyl (C=O) groups excluding carboxylic acids is 3. The number of likely N-dealkylation sites (N-methyl/N-ethyl adjacent to an activating group) is 1. The molecule has 5 rings (SSSR count). The average molecular weight is 811 g/mol. The van der Waals surface area contributed by atoms with E-state index in [1.54, 1.807) is 33.2 Å². The van der Waals surface area contributed by atoms with E-state index in [9.17, 15) is 19.5 Å². The molecule has 0 unspecified atom stereocenters. The fraction of sp³-hybridized carbons (Fsp3) is 0.651. The lowest BCUT2D eigenvalue weighted by Gasteiger charge is -2.47. The number of ketones is 1. The molecule has 13 atom stereocenters. The number of carbonyl (C=O) groups is 3. The number of imidazole rings is 1. The Bertz CT molecular complexity index is 1780. The Labute approximate surface area is 342 Å². The van der Waals surface area contributed by atoms with E-state index in [1.807, 2.05) is 94.0 Å². The van der Waals surface area contributed by atoms with Crippen molar-refractivity contribution in [1.29, 1.82) is 0 Å². The van der Waals surface area contributed by atoms with Crippen molar-refractivity contribution in [1.82, 2.24) is 14.5 Å². The van der Waals surface area contributed by atoms with E-state index in [1.165, 1.54) is 14.0 Å². The zero-order valence-electron chi connectivity index (χ0n) is 35.7. The third-order valence-electron chi connectivity index (χ3n) is 12.1. The van der Waals surface area contributed by atoms with Gasteiger partial charge in [0.2, 0.25) is 0 Å². The number of benzene rings is 1. The van der Waals surface area contributed by atoms with E-state index in [-0.39, 0.29) is 31.6 Å². The maximum Gasteiger partial charge on any atom is 0.509 e. The molecule has 4 heterocycles. The normalized spacial score (nSPS) is 37.3. The Morgan fingerprint density at radius 3 is 2.41 bits per heavy atom. The van der Waals surface area contributed by atoms with E-state index in [0.717, 1.165) is 11.3 Å². The number of aliphatic hydroxyl groups is 1. The monoisotopic (exact) mass is 810 g/mol. The first-order chi connectivity index (χ1) is 27.4. The Kier molecular flexibility index (Phi) is 14.6. The van der Waals surface area contributed by atoms with Gasteiger partial charge in [-0.2, -0.15) is 0 Å². The number of aliphatic hydroxyl groups excluding tert-OH is 1. The third-order valence-corrected chi connectivity index (χ3v) is 12.1. The molecule has 3 aliphatic heterocycles. The van der Waals surface area contributed by atoms with Gasteiger partial charge in [0.1, 0.15) is 24.7 Å². The molecule has 1 aromatic heterocycles. The Morgan fingerprint density at radius 2 is 1.76 bits per heavy atom. The average Bonchev–Trinajstić information content (AvgIpc) is 3.80. The summed E-state index contributed by atoms with van der Waals surface area (Å²) in [5, 5.41) is 16.2. The Hall–Kier alpha value is -4.15. The summed E-state index contributed by atoms with van der Waals surface area (Å²) in [6.45, 7) is 14.3. The molecule has 3 aliphatic rings. The number of aromatic nitrogens is 2. The minimum absolute atomic E-state index is 0.0913. The van der Waals surface area contributed by atoms with E-state index in [0.29, 0.717) is 12.1 Å². The largest absolute Gasteiger partial charge is 0.509 e. The fourth-order valence-corrected chi connectivity index (χ4v) is 8.73. The molecule has 1 aromatic carbocycles. The molecule has 0 bridgehead atoms. The van der Waals surface area contributed by atoms with Gasteiger partial charge in [0, 0.05) is 48.9 Å². The van der Waals surface area contributed by atoms with Crippen molar-refractivity contribution in [3.8, 4) is 11.3 Å². The van der Waals surface area contributed by atoms with Crippen LogP contribution in [-0.4, -0.2) is 125 Å². The van der Waals surface area contributed by atoms with Gasteiger partial charge in [-0.05, 0) is 67.1 Å². The molecular formula is C43H62N4O11. The number of methoxy groups -OCH3 is 1. The molecule has 58 heavy (non-hydrogen) atoms. The standard InChI is InChI=1S/C43H62N4O11/c1-12-33-43(8)38(57-41(51)58-43)27(4)34(45-53-20-16-19-47-23-31(44-24-47)30-17-14-13-15-18-30)25(2)22-42(7,52-11)37(28(5)35(48)29(6)39(50)55-33)56-40-36(49)32(46(9)10)21-26(3)54-40/h13-19,23-29,32-33,36-38,40,49H,12,20-22H2,1-11H3/b19-16+,45-34+/t25-,26-,27+,28+,29-,32+,33-,36-,37-,38-,40+,42-,43-/m1/s1. The molecule has 0 amide bonds. The molecule has 1 N–H and O–H groups in total. The van der Waals surface area contributed by atoms with E-state index < -0.39 is 83.5 Å². The van der Waals surface area contributed by atoms with Crippen molar-refractivity contribution in [2.45, 2.75) is 129 Å². The van der Waals surface area contributed by atoms with Crippen molar-refractivity contribution in [2.75, 3.05) is 27.8 Å². The van der Waals surface area contributed by atoms with Gasteiger partial charge < -0.3 is 47.8 Å². The highest BCUT2D eigenvalue weighted by Crippen LogP contribution is 2.42. The van der Waals surface area contributed by atoms with Gasteiger partial charge in [-0.25, -0.2) is 9.78 Å². The smallest absolute Gasteiger partial charge is 0.457 e. The van der Waals surface area contributed by atoms with Crippen LogP contribution in [0.3, 0.4) is 0 Å². The molecule has 3 fully saturated rings. The minimum Gasteiger partial charge on any atom is -0.457 e. The molecule has 15 heteroatoms. The number of oxime groups is 1. The van der Waals surface area contributed by atoms with Gasteiger partial charge in [-0.3, -0.25) is 9.59 Å². The van der Waals surface area contributed by atoms with E-state index >= 15 is 0 Å². The van der Waals surface area contributed by atoms with Gasteiger partial charge >= 0.3 is 12.1 Å². The van der Waals surface area contributed by atoms with Crippen molar-refractivity contribution in [3.05, 3.63) is 48.9 Å². The molecule has 15 nitrogen and oxygen atoms in total. The summed E-state index contributed by atoms with van der Waals surface area (Å²) in [7, 11) is 5.29. The van der Waals surface area contributed by atoms with Crippen molar-refractivity contribution in [3.63, 3.8) is 0 Å². The number of ether oxygens (including phenoxy) is 6. The number of nitrogens with zero attached hydrogens (tertiary/aromatic N) is 4. The lowest BCUT2D eigenvalue weighted by molar-refractivity contribution is -0.295. The van der Waals surface area contributed by atoms with Crippen LogP contribution in [0.25, 0.3) is 17.5 Å². The molecule has 0 saturated carbocycles. The first-order valence-corrected chi connectivity index (χ1v) is 20.2. The Morgan fingerprint density at radius 1 is 1.05 bits per heavy atom. The van der Waals surface area contributed by atoms with Crippen LogP contribution in [0.1, 0.15) is 74.7 Å². The van der Waals surface area contributed by atoms with E-state index in [4.69, 9.17) is 33.3 Å². The second-order valence-electron chi connectivity index (χ2n) is 16.6. The third kappa shape index (κ3) is 9.65. The first kappa shape index (κ1) is 44.9. The van der Waals surface area contributed by atoms with Crippen LogP contribution < -0.4 is 0 Å². The summed E-state index contributed by atoms with van der Waals surface area (Å²) in [6, 6.07) is 9.58. The lowest BCUT2D eigenvalue weighted by atomic mass is 9.74. The second kappa shape index (κ2) is 18.8. The summed E-state index contributed by atoms with van der Waals surface area (Å²) in [5.74, 6) is -4.43. The molecule has 2 aromatic rings. The fourth-order valence-electron chi connectivity index (χ4n) is 8.73. The zero-order valence-corrected chi connectivity index (χ0v) is 35.7. The van der Waals surface area contributed by atoms with Crippen molar-refractivity contribution in [2.24, 2.45) is 28.8 Å². The molecular weight excluding hydrogens is 748 g/mol. The van der Waals surface area contributed by atoms with Gasteiger partial charge in [-0.1, -0.05) is 63.2 Å². The van der Waals surface area contributed by atoms with Crippen LogP contribution in [-0.2, 0) is 42.8 Å². The number of hydrogen-bond donors (Lipinski definition) is 1. The lowest BCUT2D eigenvalue weighted by Crippen LogP contribution is -2.59. The summed E-state index contributed by atoms with van der Waals surface area (Å²) in [6.07, 6.45) is 2.03. The highest BCUT2D eigenvalue weighted by atomic mass is 16.8. The van der Waals surface area contributed by atoms with Gasteiger partial charge in [0.25, 0.3) is 0 Å². The molecule has 3 saturated heterocycles. The molecule has 320 valence electrons. The maximum atomic E-state index is 14.3. The van der Waals surface area contributed by atoms with Gasteiger partial charge in [0.05, 0.1) is 35.5 Å². The maximum absolute atomic E-state index is 14.3. The second-order valence-corrected chi connectivity index (χ2v) is 16.6. The van der Waals surface area contributed by atoms with Crippen molar-refractivity contribution >= 4 is 29.8 Å². The van der Waals surface area contributed by atoms with Crippen LogP contribution in [0.2, 0.25) is 0 Å². The molecule has 0 aliphatic carbocycles. The number of hydrogen-bond acceptors (Lipinski definition) is 14. The highest BCUT2D eigenvalue weighted by Gasteiger charge is 2.58. The molecule has 0 spiro atoms. The number of rotatable bonds is 10. The van der Waals surface area contributed by atoms with Crippen LogP contribution >= 0.6 is 0 Å². The predicted molar refractivity (Wildman–Crippen MR) is 215 cm³/mol. The van der Waals surface area contributed by atoms with Gasteiger partial charge in [-0.15, -0.1) is 0 Å². The van der Waals surface area contributed by atoms with Crippen LogP contribution in [0.4, 0.5) is 4.79 Å². The Balaban J connectivity index is 1.51. The summed E-state index contributed by atoms with van der Waals surface area (Å²) in [4.78, 5) is 53.4. The molecule has 0 radical (unpaired) electrons. The number of Topliss-reactive ketones (excluding diaryl/α,β-unsaturated/α-hetero) is 1. The minimum atomic E-state index is -1.43. The van der Waals surface area contributed by atoms with Crippen LogP contribution in [0.15, 0.2) is 54.1 Å². The SMILES string of the molecule is CC[C@H]1OC(=O)[C@H](C)C(=O)[C@H](C)[C@@H](O[C@@H]2O[C@H](C)C[C@H](N(C)C)[C@H]2O)[C@](C)(OC)C[C@@H](C)/C(=N\OC/C=C/n2cnc(-c3ccccc3)c2)[C@H](C)[C@H]2OC(=O)O[C@@]21C. The number of esters is 1. The number of fused-ring (bicyclic) bond motifs is 1. The first-order valence-electron chi connectivity index (χ1n) is 20.2. The predicted octanol–water partition coefficient (Wildman–Crippen LogP) is 5.74. The zero-order chi connectivity index (χ0) is 42.5.